The number of rotatable bonds is 5. The Hall–Kier alpha value is -2.08. The topological polar surface area (TPSA) is 76.2 Å². The van der Waals surface area contributed by atoms with Gasteiger partial charge >= 0.3 is 5.97 Å². The second kappa shape index (κ2) is 6.23. The summed E-state index contributed by atoms with van der Waals surface area (Å²) >= 11 is 0. The molecule has 0 aliphatic heterocycles. The number of H-pyrrole nitrogens is 1. The SMILES string of the molecule is CCOC(=O)c1cnc2[nH]ccc2c1N[C@H]1[C@@H]2CC3C[C@H]1C[C@](OC)(C3)C2. The predicted molar refractivity (Wildman–Crippen MR) is 103 cm³/mol. The van der Waals surface area contributed by atoms with Crippen LogP contribution < -0.4 is 5.32 Å². The lowest BCUT2D eigenvalue weighted by Crippen LogP contribution is -2.59. The van der Waals surface area contributed by atoms with Gasteiger partial charge in [0.05, 0.1) is 17.9 Å². The lowest BCUT2D eigenvalue weighted by molar-refractivity contribution is -0.149. The molecule has 4 aliphatic rings. The molecule has 0 spiro atoms. The normalized spacial score (nSPS) is 34.1. The molecule has 4 aliphatic carbocycles. The van der Waals surface area contributed by atoms with Crippen molar-refractivity contribution >= 4 is 22.7 Å². The molecule has 4 fully saturated rings. The van der Waals surface area contributed by atoms with Gasteiger partial charge in [-0.25, -0.2) is 9.78 Å². The molecule has 6 heteroatoms. The van der Waals surface area contributed by atoms with Crippen LogP contribution >= 0.6 is 0 Å². The molecule has 6 rings (SSSR count). The quantitative estimate of drug-likeness (QED) is 0.785. The first-order valence-electron chi connectivity index (χ1n) is 10.1. The maximum Gasteiger partial charge on any atom is 0.341 e. The summed E-state index contributed by atoms with van der Waals surface area (Å²) < 4.78 is 11.3. The van der Waals surface area contributed by atoms with Crippen molar-refractivity contribution in [1.29, 1.82) is 0 Å². The van der Waals surface area contributed by atoms with Gasteiger partial charge in [-0.3, -0.25) is 0 Å². The molecule has 4 saturated carbocycles. The highest BCUT2D eigenvalue weighted by molar-refractivity contribution is 6.04. The number of hydrogen-bond acceptors (Lipinski definition) is 5. The summed E-state index contributed by atoms with van der Waals surface area (Å²) in [4.78, 5) is 20.1. The molecule has 2 aromatic rings. The van der Waals surface area contributed by atoms with E-state index in [-0.39, 0.29) is 11.6 Å². The number of nitrogens with one attached hydrogen (secondary N) is 2. The van der Waals surface area contributed by atoms with Crippen LogP contribution in [0, 0.1) is 17.8 Å². The van der Waals surface area contributed by atoms with E-state index < -0.39 is 0 Å². The maximum absolute atomic E-state index is 12.5. The molecule has 2 heterocycles. The molecule has 0 amide bonds. The zero-order valence-corrected chi connectivity index (χ0v) is 16.0. The van der Waals surface area contributed by atoms with E-state index in [2.05, 4.69) is 15.3 Å². The van der Waals surface area contributed by atoms with Crippen molar-refractivity contribution in [2.45, 2.75) is 50.7 Å². The van der Waals surface area contributed by atoms with Gasteiger partial charge in [-0.1, -0.05) is 0 Å². The van der Waals surface area contributed by atoms with E-state index in [0.717, 1.165) is 35.5 Å². The highest BCUT2D eigenvalue weighted by Gasteiger charge is 2.55. The maximum atomic E-state index is 12.5. The van der Waals surface area contributed by atoms with E-state index in [9.17, 15) is 4.79 Å². The number of esters is 1. The monoisotopic (exact) mass is 369 g/mol. The Labute approximate surface area is 159 Å². The zero-order valence-electron chi connectivity index (χ0n) is 16.0. The van der Waals surface area contributed by atoms with Crippen molar-refractivity contribution in [1.82, 2.24) is 9.97 Å². The molecular formula is C21H27N3O3. The number of methoxy groups -OCH3 is 1. The fraction of sp³-hybridized carbons (Fsp3) is 0.619. The Bertz CT molecular complexity index is 861. The van der Waals surface area contributed by atoms with E-state index in [1.807, 2.05) is 26.3 Å². The van der Waals surface area contributed by atoms with Gasteiger partial charge in [0.15, 0.2) is 0 Å². The molecule has 5 atom stereocenters. The van der Waals surface area contributed by atoms with Gasteiger partial charge in [0.1, 0.15) is 11.2 Å². The minimum atomic E-state index is -0.312. The van der Waals surface area contributed by atoms with E-state index >= 15 is 0 Å². The third kappa shape index (κ3) is 2.64. The molecule has 0 saturated heterocycles. The number of hydrogen-bond donors (Lipinski definition) is 2. The van der Waals surface area contributed by atoms with Gasteiger partial charge in [0.2, 0.25) is 0 Å². The number of fused-ring (bicyclic) bond motifs is 1. The van der Waals surface area contributed by atoms with Crippen LogP contribution in [0.2, 0.25) is 0 Å². The van der Waals surface area contributed by atoms with Crippen LogP contribution in [-0.2, 0) is 9.47 Å². The molecule has 0 aromatic carbocycles. The average molecular weight is 369 g/mol. The molecular weight excluding hydrogens is 342 g/mol. The number of ether oxygens (including phenoxy) is 2. The van der Waals surface area contributed by atoms with Crippen LogP contribution in [0.15, 0.2) is 18.5 Å². The number of anilines is 1. The summed E-state index contributed by atoms with van der Waals surface area (Å²) in [6.45, 7) is 2.19. The highest BCUT2D eigenvalue weighted by atomic mass is 16.5. The molecule has 6 nitrogen and oxygen atoms in total. The molecule has 27 heavy (non-hydrogen) atoms. The Morgan fingerprint density at radius 2 is 2.11 bits per heavy atom. The fourth-order valence-electron chi connectivity index (χ4n) is 6.13. The average Bonchev–Trinajstić information content (AvgIpc) is 3.13. The number of carbonyl (C=O) groups is 1. The summed E-state index contributed by atoms with van der Waals surface area (Å²) in [5.41, 5.74) is 2.27. The summed E-state index contributed by atoms with van der Waals surface area (Å²) in [5, 5.41) is 4.74. The molecule has 1 unspecified atom stereocenters. The minimum Gasteiger partial charge on any atom is -0.462 e. The second-order valence-corrected chi connectivity index (χ2v) is 8.53. The van der Waals surface area contributed by atoms with Gasteiger partial charge in [0, 0.05) is 30.9 Å². The Balaban J connectivity index is 1.51. The molecule has 2 aromatic heterocycles. The van der Waals surface area contributed by atoms with Crippen LogP contribution in [0.25, 0.3) is 11.0 Å². The van der Waals surface area contributed by atoms with Crippen molar-refractivity contribution in [3.63, 3.8) is 0 Å². The van der Waals surface area contributed by atoms with Gasteiger partial charge in [-0.05, 0) is 62.8 Å². The largest absolute Gasteiger partial charge is 0.462 e. The lowest BCUT2D eigenvalue weighted by Gasteiger charge is -2.59. The second-order valence-electron chi connectivity index (χ2n) is 8.53. The number of aromatic amines is 1. The van der Waals surface area contributed by atoms with Crippen molar-refractivity contribution in [2.75, 3.05) is 19.0 Å². The minimum absolute atomic E-state index is 0.0836. The first-order chi connectivity index (χ1) is 13.1. The van der Waals surface area contributed by atoms with E-state index in [4.69, 9.17) is 9.47 Å². The predicted octanol–water partition coefficient (Wildman–Crippen LogP) is 3.75. The van der Waals surface area contributed by atoms with Gasteiger partial charge in [0.25, 0.3) is 0 Å². The van der Waals surface area contributed by atoms with Crippen molar-refractivity contribution in [2.24, 2.45) is 17.8 Å². The van der Waals surface area contributed by atoms with Crippen LogP contribution in [0.3, 0.4) is 0 Å². The summed E-state index contributed by atoms with van der Waals surface area (Å²) in [7, 11) is 1.88. The number of pyridine rings is 1. The van der Waals surface area contributed by atoms with E-state index in [0.29, 0.717) is 30.0 Å². The number of carbonyl (C=O) groups excluding carboxylic acids is 1. The molecule has 4 bridgehead atoms. The van der Waals surface area contributed by atoms with Crippen molar-refractivity contribution in [3.05, 3.63) is 24.0 Å². The van der Waals surface area contributed by atoms with Crippen molar-refractivity contribution < 1.29 is 14.3 Å². The van der Waals surface area contributed by atoms with Gasteiger partial charge in [-0.15, -0.1) is 0 Å². The van der Waals surface area contributed by atoms with Crippen LogP contribution in [0.5, 0.6) is 0 Å². The lowest BCUT2D eigenvalue weighted by atomic mass is 9.52. The summed E-state index contributed by atoms with van der Waals surface area (Å²) in [6.07, 6.45) is 9.47. The first-order valence-corrected chi connectivity index (χ1v) is 10.1. The molecule has 144 valence electrons. The van der Waals surface area contributed by atoms with Crippen LogP contribution in [0.1, 0.15) is 49.4 Å². The van der Waals surface area contributed by atoms with Gasteiger partial charge in [-0.2, -0.15) is 0 Å². The highest BCUT2D eigenvalue weighted by Crippen LogP contribution is 2.57. The Morgan fingerprint density at radius 3 is 2.81 bits per heavy atom. The standard InChI is InChI=1S/C21H27N3O3/c1-3-27-20(25)16-11-23-19-15(4-5-22-19)18(16)24-17-13-6-12-7-14(17)10-21(8-12,9-13)26-2/h4-5,11-14,17H,3,6-10H2,1-2H3,(H2,22,23,24)/t12?,13-,14+,17+,21+. The number of nitrogens with zero attached hydrogens (tertiary/aromatic N) is 1. The van der Waals surface area contributed by atoms with Crippen molar-refractivity contribution in [3.8, 4) is 0 Å². The van der Waals surface area contributed by atoms with Gasteiger partial charge < -0.3 is 19.8 Å². The van der Waals surface area contributed by atoms with Crippen LogP contribution in [-0.4, -0.2) is 41.3 Å². The van der Waals surface area contributed by atoms with E-state index in [1.54, 1.807) is 6.20 Å². The van der Waals surface area contributed by atoms with E-state index in [1.165, 1.54) is 19.3 Å². The molecule has 2 N–H and O–H groups in total. The summed E-state index contributed by atoms with van der Waals surface area (Å²) in [5.74, 6) is 1.66. The third-order valence-electron chi connectivity index (χ3n) is 7.04. The smallest absolute Gasteiger partial charge is 0.341 e. The third-order valence-corrected chi connectivity index (χ3v) is 7.04. The fourth-order valence-corrected chi connectivity index (χ4v) is 6.13. The Morgan fingerprint density at radius 1 is 1.33 bits per heavy atom. The Kier molecular flexibility index (Phi) is 3.93. The molecule has 0 radical (unpaired) electrons. The first kappa shape index (κ1) is 17.0. The number of aromatic nitrogens is 2. The van der Waals surface area contributed by atoms with Crippen LogP contribution in [0.4, 0.5) is 5.69 Å². The zero-order chi connectivity index (χ0) is 18.6. The summed E-state index contributed by atoms with van der Waals surface area (Å²) in [6, 6.07) is 2.36.